The van der Waals surface area contributed by atoms with Crippen molar-refractivity contribution >= 4 is 18.5 Å². The Morgan fingerprint density at radius 2 is 1.51 bits per heavy atom. The van der Waals surface area contributed by atoms with Gasteiger partial charge in [0, 0.05) is 0 Å². The maximum Gasteiger partial charge on any atom is 0.573 e. The van der Waals surface area contributed by atoms with E-state index in [9.17, 15) is 18.0 Å². The first kappa shape index (κ1) is 30.5. The molecule has 11 heteroatoms. The highest BCUT2D eigenvalue weighted by Crippen LogP contribution is 2.36. The molecule has 0 radical (unpaired) electrons. The highest BCUT2D eigenvalue weighted by atomic mass is 19.4. The van der Waals surface area contributed by atoms with Gasteiger partial charge in [-0.1, -0.05) is 50.2 Å². The van der Waals surface area contributed by atoms with Crippen LogP contribution in [0.25, 0.3) is 0 Å². The Labute approximate surface area is 228 Å². The molecule has 1 aliphatic heterocycles. The monoisotopic (exact) mass is 545 g/mol. The van der Waals surface area contributed by atoms with Gasteiger partial charge in [0.15, 0.2) is 0 Å². The average Bonchev–Trinajstić information content (AvgIpc) is 3.06. The second-order valence-corrected chi connectivity index (χ2v) is 11.0. The molecule has 2 aromatic carbocycles. The molecule has 1 aliphatic rings. The van der Waals surface area contributed by atoms with Gasteiger partial charge in [-0.3, -0.25) is 10.1 Å². The summed E-state index contributed by atoms with van der Waals surface area (Å²) >= 11 is 0. The van der Waals surface area contributed by atoms with Crippen molar-refractivity contribution in [1.29, 1.82) is 5.26 Å². The quantitative estimate of drug-likeness (QED) is 0.335. The Hall–Kier alpha value is -3.07. The molecule has 1 fully saturated rings. The molecule has 2 atom stereocenters. The summed E-state index contributed by atoms with van der Waals surface area (Å²) in [4.78, 5) is 12.9. The number of carbonyl (C=O) groups is 1. The number of amides is 1. The van der Waals surface area contributed by atoms with Gasteiger partial charge < -0.3 is 19.4 Å². The van der Waals surface area contributed by atoms with Gasteiger partial charge in [0.2, 0.25) is 5.91 Å². The summed E-state index contributed by atoms with van der Waals surface area (Å²) in [5.74, 6) is -0.517. The minimum atomic E-state index is -4.80. The van der Waals surface area contributed by atoms with Crippen LogP contribution in [0.4, 0.5) is 13.2 Å². The van der Waals surface area contributed by atoms with Gasteiger partial charge in [-0.05, 0) is 68.8 Å². The van der Waals surface area contributed by atoms with E-state index in [0.717, 1.165) is 11.0 Å². The minimum absolute atomic E-state index is 0.133. The van der Waals surface area contributed by atoms with Crippen LogP contribution < -0.4 is 20.8 Å². The molecule has 1 heterocycles. The lowest BCUT2D eigenvalue weighted by Gasteiger charge is -2.32. The summed E-state index contributed by atoms with van der Waals surface area (Å²) < 4.78 is 54.4. The molecular weight excluding hydrogens is 510 g/mol. The van der Waals surface area contributed by atoms with E-state index in [1.54, 1.807) is 0 Å². The zero-order valence-electron chi connectivity index (χ0n) is 23.1. The van der Waals surface area contributed by atoms with Crippen LogP contribution in [0.5, 0.6) is 5.75 Å². The van der Waals surface area contributed by atoms with Crippen molar-refractivity contribution in [2.45, 2.75) is 77.6 Å². The zero-order chi connectivity index (χ0) is 29.0. The summed E-state index contributed by atoms with van der Waals surface area (Å²) in [6, 6.07) is 13.7. The predicted octanol–water partition coefficient (Wildman–Crippen LogP) is 4.62. The lowest BCUT2D eigenvalue weighted by molar-refractivity contribution is -0.274. The molecule has 2 N–H and O–H groups in total. The molecule has 0 spiro atoms. The van der Waals surface area contributed by atoms with Gasteiger partial charge in [0.1, 0.15) is 12.3 Å². The van der Waals surface area contributed by atoms with E-state index in [4.69, 9.17) is 14.6 Å². The van der Waals surface area contributed by atoms with Crippen LogP contribution in [0.1, 0.15) is 65.1 Å². The molecule has 1 saturated heterocycles. The van der Waals surface area contributed by atoms with Crippen LogP contribution in [-0.2, 0) is 14.1 Å². The number of ether oxygens (including phenoxy) is 1. The number of rotatable bonds is 10. The third-order valence-corrected chi connectivity index (χ3v) is 6.98. The van der Waals surface area contributed by atoms with Crippen molar-refractivity contribution < 1.29 is 32.0 Å². The van der Waals surface area contributed by atoms with Crippen LogP contribution in [-0.4, -0.2) is 43.2 Å². The number of hydrogen-bond acceptors (Lipinski definition) is 6. The van der Waals surface area contributed by atoms with Gasteiger partial charge in [-0.2, -0.15) is 5.26 Å². The van der Waals surface area contributed by atoms with Gasteiger partial charge in [0.05, 0.1) is 29.4 Å². The fraction of sp³-hybridized carbons (Fsp3) is 0.500. The van der Waals surface area contributed by atoms with E-state index >= 15 is 0 Å². The molecule has 3 rings (SSSR count). The normalized spacial score (nSPS) is 17.9. The number of carbonyl (C=O) groups excluding carboxylic acids is 1. The minimum Gasteiger partial charge on any atom is -0.406 e. The molecule has 7 nitrogen and oxygen atoms in total. The average molecular weight is 545 g/mol. The maximum atomic E-state index is 12.9. The highest BCUT2D eigenvalue weighted by molar-refractivity contribution is 6.62. The summed E-state index contributed by atoms with van der Waals surface area (Å²) in [6.45, 7) is 11.7. The van der Waals surface area contributed by atoms with Crippen LogP contribution in [0.2, 0.25) is 0 Å². The lowest BCUT2D eigenvalue weighted by Crippen LogP contribution is -2.46. The summed E-state index contributed by atoms with van der Waals surface area (Å²) in [7, 11) is -0.556. The van der Waals surface area contributed by atoms with E-state index < -0.39 is 36.8 Å². The Bertz CT molecular complexity index is 1150. The van der Waals surface area contributed by atoms with Crippen molar-refractivity contribution in [3.8, 4) is 11.8 Å². The van der Waals surface area contributed by atoms with Crippen LogP contribution in [0.15, 0.2) is 48.5 Å². The van der Waals surface area contributed by atoms with Crippen LogP contribution >= 0.6 is 0 Å². The van der Waals surface area contributed by atoms with Crippen LogP contribution in [0, 0.1) is 17.2 Å². The molecule has 210 valence electrons. The molecule has 0 bridgehead atoms. The first-order valence-electron chi connectivity index (χ1n) is 12.8. The Balaban J connectivity index is 1.94. The van der Waals surface area contributed by atoms with Crippen molar-refractivity contribution in [3.05, 3.63) is 59.7 Å². The van der Waals surface area contributed by atoms with Crippen molar-refractivity contribution in [2.75, 3.05) is 6.54 Å². The third kappa shape index (κ3) is 7.97. The molecule has 0 aromatic heterocycles. The molecule has 0 saturated carbocycles. The molecular formula is C28H35BF3N3O4. The molecule has 0 unspecified atom stereocenters. The van der Waals surface area contributed by atoms with Gasteiger partial charge in [0.25, 0.3) is 0 Å². The van der Waals surface area contributed by atoms with Gasteiger partial charge >= 0.3 is 13.5 Å². The van der Waals surface area contributed by atoms with Crippen molar-refractivity contribution in [3.63, 3.8) is 0 Å². The highest BCUT2D eigenvalue weighted by Gasteiger charge is 2.51. The van der Waals surface area contributed by atoms with E-state index in [2.05, 4.69) is 15.4 Å². The van der Waals surface area contributed by atoms with Gasteiger partial charge in [-0.25, -0.2) is 0 Å². The number of alkyl halides is 3. The Kier molecular flexibility index (Phi) is 9.37. The number of nitriles is 1. The standard InChI is InChI=1S/C28H35BF3N3O4/c1-18(2)17-23(25(36)34-16-15-33)35-24(20-9-13-22(14-10-20)37-28(30,31)32)19-7-11-21(12-8-19)29-38-26(3,4)27(5,6)39-29/h7-14,18,23-24,35H,16-17H2,1-6H3,(H,34,36)/t23-,24-/m0/s1. The largest absolute Gasteiger partial charge is 0.573 e. The summed E-state index contributed by atoms with van der Waals surface area (Å²) in [5.41, 5.74) is 1.23. The predicted molar refractivity (Wildman–Crippen MR) is 142 cm³/mol. The number of benzene rings is 2. The van der Waals surface area contributed by atoms with Gasteiger partial charge in [-0.15, -0.1) is 13.2 Å². The van der Waals surface area contributed by atoms with E-state index in [1.807, 2.05) is 71.9 Å². The first-order chi connectivity index (χ1) is 18.1. The molecule has 39 heavy (non-hydrogen) atoms. The summed E-state index contributed by atoms with van der Waals surface area (Å²) in [5, 5.41) is 14.9. The first-order valence-corrected chi connectivity index (χ1v) is 12.8. The second kappa shape index (κ2) is 12.0. The number of halogens is 3. The molecule has 2 aromatic rings. The topological polar surface area (TPSA) is 92.6 Å². The Morgan fingerprint density at radius 1 is 1.00 bits per heavy atom. The lowest BCUT2D eigenvalue weighted by atomic mass is 9.78. The summed E-state index contributed by atoms with van der Waals surface area (Å²) in [6.07, 6.45) is -4.32. The van der Waals surface area contributed by atoms with E-state index in [1.165, 1.54) is 24.3 Å². The van der Waals surface area contributed by atoms with E-state index in [0.29, 0.717) is 12.0 Å². The smallest absolute Gasteiger partial charge is 0.406 e. The van der Waals surface area contributed by atoms with Crippen molar-refractivity contribution in [1.82, 2.24) is 10.6 Å². The van der Waals surface area contributed by atoms with E-state index in [-0.39, 0.29) is 24.1 Å². The second-order valence-electron chi connectivity index (χ2n) is 11.0. The molecule has 0 aliphatic carbocycles. The fourth-order valence-electron chi connectivity index (χ4n) is 4.24. The Morgan fingerprint density at radius 3 is 1.97 bits per heavy atom. The third-order valence-electron chi connectivity index (χ3n) is 6.98. The van der Waals surface area contributed by atoms with Crippen LogP contribution in [0.3, 0.4) is 0 Å². The number of nitrogens with zero attached hydrogens (tertiary/aromatic N) is 1. The zero-order valence-corrected chi connectivity index (χ0v) is 23.1. The SMILES string of the molecule is CC(C)C[C@H](N[C@H](c1ccc(OC(F)(F)F)cc1)c1ccc(B2OC(C)(C)C(C)(C)O2)cc1)C(=O)NCC#N. The number of nitrogens with one attached hydrogen (secondary N) is 2. The number of hydrogen-bond donors (Lipinski definition) is 2. The molecule has 1 amide bonds. The maximum absolute atomic E-state index is 12.9. The fourth-order valence-corrected chi connectivity index (χ4v) is 4.24. The van der Waals surface area contributed by atoms with Crippen molar-refractivity contribution in [2.24, 2.45) is 5.92 Å².